The minimum atomic E-state index is -2.09. The molecule has 0 radical (unpaired) electrons. The average molecular weight is 2120 g/mol. The van der Waals surface area contributed by atoms with Gasteiger partial charge in [0.2, 0.25) is 106 Å². The molecule has 54 heteroatoms. The summed E-state index contributed by atoms with van der Waals surface area (Å²) in [4.78, 5) is 306. The number of primary amides is 1. The Labute approximate surface area is 864 Å². The van der Waals surface area contributed by atoms with Gasteiger partial charge in [0.05, 0.1) is 45.2 Å². The molecule has 7 rings (SSSR count). The van der Waals surface area contributed by atoms with Crippen molar-refractivity contribution >= 4 is 182 Å². The first-order valence-corrected chi connectivity index (χ1v) is 49.1. The number of hydrogen-bond acceptors (Lipinski definition) is 29. The van der Waals surface area contributed by atoms with Gasteiger partial charge in [-0.3, -0.25) is 95.9 Å². The average Bonchev–Trinajstić information content (AvgIpc) is 1.72. The monoisotopic (exact) mass is 2120 g/mol. The summed E-state index contributed by atoms with van der Waals surface area (Å²) in [6.07, 6.45) is 0.115. The van der Waals surface area contributed by atoms with E-state index in [4.69, 9.17) is 11.5 Å². The minimum Gasteiger partial charge on any atom is -0.481 e. The van der Waals surface area contributed by atoms with Gasteiger partial charge in [0.25, 0.3) is 0 Å². The van der Waals surface area contributed by atoms with Crippen LogP contribution in [0.5, 0.6) is 0 Å². The van der Waals surface area contributed by atoms with Gasteiger partial charge >= 0.3 is 17.9 Å². The summed E-state index contributed by atoms with van der Waals surface area (Å²) in [5, 5.41) is 114. The van der Waals surface area contributed by atoms with Crippen molar-refractivity contribution in [3.8, 4) is 0 Å². The lowest BCUT2D eigenvalue weighted by Gasteiger charge is -2.30. The zero-order valence-electron chi connectivity index (χ0n) is 82.9. The first-order valence-electron chi connectivity index (χ1n) is 47.8. The van der Waals surface area contributed by atoms with Gasteiger partial charge < -0.3 is 158 Å². The number of carbonyl (C=O) groups is 21. The molecule has 0 aliphatic carbocycles. The van der Waals surface area contributed by atoms with Crippen molar-refractivity contribution in [3.63, 3.8) is 0 Å². The third kappa shape index (κ3) is 37.0. The second-order valence-electron chi connectivity index (χ2n) is 36.5. The second-order valence-corrected chi connectivity index (χ2v) is 37.2. The molecule has 0 saturated heterocycles. The van der Waals surface area contributed by atoms with Gasteiger partial charge in [-0.25, -0.2) is 9.78 Å². The number of nitrogens with zero attached hydrogens (tertiary/aromatic N) is 1. The van der Waals surface area contributed by atoms with Crippen molar-refractivity contribution in [2.24, 2.45) is 29.2 Å². The number of carboxylic acid groups (broad SMARTS) is 3. The number of carbonyl (C=O) groups excluding carboxylic acids is 18. The van der Waals surface area contributed by atoms with E-state index in [1.54, 1.807) is 127 Å². The summed E-state index contributed by atoms with van der Waals surface area (Å²) >= 11 is 8.47. The number of nitrogens with two attached hydrogens (primary N) is 2. The molecule has 0 fully saturated rings. The number of aromatic nitrogens is 5. The van der Waals surface area contributed by atoms with Gasteiger partial charge in [-0.2, -0.15) is 25.3 Å². The van der Waals surface area contributed by atoms with Crippen molar-refractivity contribution < 1.29 is 136 Å². The van der Waals surface area contributed by atoms with Crippen LogP contribution >= 0.6 is 25.3 Å². The van der Waals surface area contributed by atoms with Gasteiger partial charge in [-0.15, -0.1) is 0 Å². The highest BCUT2D eigenvalue weighted by Crippen LogP contribution is 2.25. The number of hydrogen-bond donors (Lipinski definition) is 32. The van der Waals surface area contributed by atoms with Gasteiger partial charge in [0.15, 0.2) is 0 Å². The van der Waals surface area contributed by atoms with Crippen LogP contribution in [0.1, 0.15) is 129 Å². The van der Waals surface area contributed by atoms with Gasteiger partial charge in [0.1, 0.15) is 103 Å². The topological polar surface area (TPSA) is 833 Å². The third-order valence-corrected chi connectivity index (χ3v) is 24.7. The molecule has 0 bridgehead atoms. The molecule has 0 aliphatic rings. The molecule has 18 amide bonds. The van der Waals surface area contributed by atoms with E-state index in [0.717, 1.165) is 17.8 Å². The van der Waals surface area contributed by atoms with Crippen molar-refractivity contribution in [3.05, 3.63) is 126 Å². The molecule has 7 aromatic rings. The number of aliphatic carboxylic acids is 3. The van der Waals surface area contributed by atoms with Crippen molar-refractivity contribution in [2.75, 3.05) is 37.9 Å². The van der Waals surface area contributed by atoms with E-state index < -0.39 is 327 Å². The molecule has 149 heavy (non-hydrogen) atoms. The molecule has 32 N–H and O–H groups in total. The first kappa shape index (κ1) is 121. The fraction of sp³-hybridized carbons (Fsp3) is 0.495. The van der Waals surface area contributed by atoms with Gasteiger partial charge in [-0.1, -0.05) is 103 Å². The maximum absolute atomic E-state index is 15.1. The van der Waals surface area contributed by atoms with Gasteiger partial charge in [0, 0.05) is 113 Å². The highest BCUT2D eigenvalue weighted by Gasteiger charge is 2.42. The fourth-order valence-corrected chi connectivity index (χ4v) is 16.2. The predicted octanol–water partition coefficient (Wildman–Crippen LogP) is -6.61. The number of amides is 18. The number of nitrogens with one attached hydrogen (secondary N) is 21. The molecule has 19 atom stereocenters. The number of aliphatic hydroxyl groups excluding tert-OH is 4. The molecular formula is C95H132N24O28S2. The number of rotatable bonds is 63. The van der Waals surface area contributed by atoms with Crippen LogP contribution in [0, 0.1) is 17.8 Å². The maximum Gasteiger partial charge on any atom is 0.326 e. The Morgan fingerprint density at radius 3 is 1.07 bits per heavy atom. The summed E-state index contributed by atoms with van der Waals surface area (Å²) < 4.78 is 0. The number of imidazole rings is 1. The molecule has 812 valence electrons. The van der Waals surface area contributed by atoms with Crippen LogP contribution in [0.25, 0.3) is 32.7 Å². The summed E-state index contributed by atoms with van der Waals surface area (Å²) in [6, 6.07) is -8.79. The zero-order valence-corrected chi connectivity index (χ0v) is 84.7. The van der Waals surface area contributed by atoms with Crippen LogP contribution in [0.4, 0.5) is 0 Å². The Morgan fingerprint density at radius 1 is 0.362 bits per heavy atom. The zero-order chi connectivity index (χ0) is 110. The van der Waals surface area contributed by atoms with E-state index in [1.807, 2.05) is 0 Å². The maximum atomic E-state index is 15.1. The Kier molecular flexibility index (Phi) is 47.8. The van der Waals surface area contributed by atoms with Crippen molar-refractivity contribution in [1.29, 1.82) is 0 Å². The lowest BCUT2D eigenvalue weighted by atomic mass is 9.95. The Morgan fingerprint density at radius 2 is 0.678 bits per heavy atom. The van der Waals surface area contributed by atoms with E-state index in [9.17, 15) is 132 Å². The van der Waals surface area contributed by atoms with Crippen molar-refractivity contribution in [1.82, 2.24) is 115 Å². The number of para-hydroxylation sites is 3. The number of fused-ring (bicyclic) bond motifs is 3. The highest BCUT2D eigenvalue weighted by atomic mass is 32.1. The number of aromatic amines is 4. The lowest BCUT2D eigenvalue weighted by molar-refractivity contribution is -0.142. The number of thiol groups is 2. The number of H-pyrrole nitrogens is 4. The molecule has 0 aliphatic heterocycles. The highest BCUT2D eigenvalue weighted by molar-refractivity contribution is 7.80. The summed E-state index contributed by atoms with van der Waals surface area (Å²) in [7, 11) is 0. The lowest BCUT2D eigenvalue weighted by Crippen LogP contribution is -2.63. The van der Waals surface area contributed by atoms with Crippen LogP contribution in [0.15, 0.2) is 104 Å². The molecule has 0 unspecified atom stereocenters. The standard InChI is InChI=1S/C95H132N24O28S2/c1-9-46(6)77(93(144)112-63(28-49-34-99-56-19-13-10-16-53(49)56)83(134)117-71(41-148)91(142)103-47(7)79(130)107-65(31-52-37-98-43-102-52)84(135)113-67(95(146)147)30-51-36-101-58-21-15-12-18-55(51)58)118-86(137)62(27-45(4)5)108-80(131)59(22-24-75(126)127)105-85(136)66(32-73(97)124)111-82(133)61(26-44(2)3)109-90(141)70(40-122)115-94(145)78(48(8)123)119-87(138)64(29-50-35-100-57-20-14-11-17-54(50)57)110-89(140)69(39-121)114-92(143)72(42-149)116-81(132)60(23-25-76(128)129)106-88(139)68(38-120)104-74(125)33-96/h10-21,34-37,43-48,59-72,77-78,99-101,120-123,148-149H,9,22-33,38-42,96H2,1-8H3,(H2,97,124)(H,98,102)(H,103,142)(H,104,125)(H,105,136)(H,106,139)(H,107,130)(H,108,131)(H,109,141)(H,110,140)(H,111,133)(H,112,144)(H,113,135)(H,114,143)(H,115,145)(H,116,132)(H,117,134)(H,118,137)(H,119,138)(H,126,127)(H,128,129)(H,146,147)/t46-,47-,48+,59-,60-,61-,62-,63-,64-,65-,66-,67-,68-,69-,70-,71-,72-,77-,78-/m0/s1. The van der Waals surface area contributed by atoms with Gasteiger partial charge in [-0.05, 0) is 92.2 Å². The number of carboxylic acids is 3. The Hall–Kier alpha value is -15.1. The van der Waals surface area contributed by atoms with E-state index >= 15 is 4.79 Å². The Balaban J connectivity index is 1.04. The van der Waals surface area contributed by atoms with E-state index in [2.05, 4.69) is 141 Å². The molecule has 52 nitrogen and oxygen atoms in total. The molecule has 4 heterocycles. The largest absolute Gasteiger partial charge is 0.481 e. The van der Waals surface area contributed by atoms with Crippen LogP contribution in [0.3, 0.4) is 0 Å². The van der Waals surface area contributed by atoms with Crippen LogP contribution in [-0.2, 0) is 126 Å². The third-order valence-electron chi connectivity index (χ3n) is 24.0. The summed E-state index contributed by atoms with van der Waals surface area (Å²) in [6.45, 7) is 7.96. The van der Waals surface area contributed by atoms with Crippen LogP contribution < -0.4 is 102 Å². The molecule has 3 aromatic carbocycles. The quantitative estimate of drug-likeness (QED) is 0.0158. The second kappa shape index (κ2) is 59.0. The van der Waals surface area contributed by atoms with Crippen LogP contribution in [-0.4, -0.2) is 332 Å². The number of benzene rings is 3. The smallest absolute Gasteiger partial charge is 0.326 e. The Bertz CT molecular complexity index is 5880. The molecular weight excluding hydrogens is 1990 g/mol. The first-order chi connectivity index (χ1) is 70.6. The predicted molar refractivity (Wildman–Crippen MR) is 540 cm³/mol. The number of aliphatic hydroxyl groups is 4. The van der Waals surface area contributed by atoms with Crippen LogP contribution in [0.2, 0.25) is 0 Å². The van der Waals surface area contributed by atoms with E-state index in [1.165, 1.54) is 25.6 Å². The minimum absolute atomic E-state index is 0.149. The summed E-state index contributed by atoms with van der Waals surface area (Å²) in [5.41, 5.74) is 14.6. The summed E-state index contributed by atoms with van der Waals surface area (Å²) in [5.74, 6) is -27.5. The molecule has 0 saturated carbocycles. The molecule has 4 aromatic heterocycles. The van der Waals surface area contributed by atoms with E-state index in [0.29, 0.717) is 44.2 Å². The van der Waals surface area contributed by atoms with Crippen molar-refractivity contribution in [2.45, 2.75) is 241 Å². The molecule has 0 spiro atoms. The SMILES string of the molecule is CC[C@H](C)[C@H](NC(=O)[C@H](CC(C)C)NC(=O)[C@H](CCC(=O)O)NC(=O)[C@H](CC(N)=O)NC(=O)[C@H](CC(C)C)NC(=O)[C@H](CO)NC(=O)[C@@H](NC(=O)[C@H](Cc1c[nH]c2ccccc12)NC(=O)[C@H](CO)NC(=O)[C@H](CS)NC(=O)[C@H](CCC(=O)O)NC(=O)[C@H](CO)NC(=O)CN)[C@@H](C)O)C(=O)N[C@@H](Cc1c[nH]c2ccccc12)C(=O)N[C@@H](CS)C(=O)N[C@@H](C)C(=O)N[C@@H](Cc1cnc[nH]1)C(=O)N[C@@H](Cc1c[nH]c2ccccc12)C(=O)O. The normalized spacial score (nSPS) is 15.2. The fourth-order valence-electron chi connectivity index (χ4n) is 15.7. The van der Waals surface area contributed by atoms with E-state index in [-0.39, 0.29) is 38.5 Å².